The van der Waals surface area contributed by atoms with Crippen molar-refractivity contribution in [1.82, 2.24) is 0 Å². The van der Waals surface area contributed by atoms with Crippen LogP contribution in [-0.4, -0.2) is 26.9 Å². The van der Waals surface area contributed by atoms with Crippen molar-refractivity contribution < 1.29 is 23.4 Å². The maximum Gasteiger partial charge on any atom is 0.341 e. The largest absolute Gasteiger partial charge is 0.507 e. The van der Waals surface area contributed by atoms with Gasteiger partial charge in [0.05, 0.1) is 17.8 Å². The van der Waals surface area contributed by atoms with Crippen molar-refractivity contribution in [3.8, 4) is 5.75 Å². The minimum atomic E-state index is -2.43. The number of halogens is 2. The third-order valence-electron chi connectivity index (χ3n) is 2.61. The van der Waals surface area contributed by atoms with Gasteiger partial charge in [-0.05, 0) is 18.2 Å². The molecule has 1 atom stereocenters. The number of thiophene rings is 1. The van der Waals surface area contributed by atoms with Crippen LogP contribution in [0.2, 0.25) is 9.36 Å². The third-order valence-corrected chi connectivity index (χ3v) is 5.30. The summed E-state index contributed by atoms with van der Waals surface area (Å²) in [6.45, 7) is 0. The zero-order valence-electron chi connectivity index (χ0n) is 10.9. The molecule has 0 aliphatic rings. The van der Waals surface area contributed by atoms with Gasteiger partial charge in [-0.1, -0.05) is 23.2 Å². The first-order chi connectivity index (χ1) is 10.3. The van der Waals surface area contributed by atoms with E-state index < -0.39 is 17.2 Å². The van der Waals surface area contributed by atoms with Gasteiger partial charge in [0.25, 0.3) is 11.3 Å². The SMILES string of the molecule is COC(=O)c1ccc(N(c2cc(Cl)c(Cl)s2)S(=O)O)cc1O. The lowest BCUT2D eigenvalue weighted by Crippen LogP contribution is -2.18. The van der Waals surface area contributed by atoms with Gasteiger partial charge in [-0.2, -0.15) is 0 Å². The van der Waals surface area contributed by atoms with Gasteiger partial charge in [0.2, 0.25) is 0 Å². The summed E-state index contributed by atoms with van der Waals surface area (Å²) in [6.07, 6.45) is 0. The molecule has 0 saturated heterocycles. The summed E-state index contributed by atoms with van der Waals surface area (Å²) in [5, 5.41) is 10.4. The van der Waals surface area contributed by atoms with Crippen molar-refractivity contribution in [2.45, 2.75) is 0 Å². The molecule has 0 amide bonds. The Balaban J connectivity index is 2.48. The lowest BCUT2D eigenvalue weighted by molar-refractivity contribution is 0.0597. The second-order valence-corrected chi connectivity index (χ2v) is 6.79. The molecule has 6 nitrogen and oxygen atoms in total. The van der Waals surface area contributed by atoms with Crippen LogP contribution in [0.3, 0.4) is 0 Å². The molecule has 0 aliphatic heterocycles. The van der Waals surface area contributed by atoms with Crippen LogP contribution < -0.4 is 4.31 Å². The molecule has 0 fully saturated rings. The molecule has 0 bridgehead atoms. The molecule has 10 heteroatoms. The molecule has 118 valence electrons. The fraction of sp³-hybridized carbons (Fsp3) is 0.0833. The molecule has 2 aromatic rings. The van der Waals surface area contributed by atoms with E-state index in [0.29, 0.717) is 5.00 Å². The summed E-state index contributed by atoms with van der Waals surface area (Å²) >= 11 is 10.3. The van der Waals surface area contributed by atoms with E-state index >= 15 is 0 Å². The van der Waals surface area contributed by atoms with Crippen LogP contribution in [0.5, 0.6) is 5.75 Å². The number of nitrogens with zero attached hydrogens (tertiary/aromatic N) is 1. The van der Waals surface area contributed by atoms with Crippen molar-refractivity contribution in [1.29, 1.82) is 0 Å². The molecular weight excluding hydrogens is 373 g/mol. The van der Waals surface area contributed by atoms with Gasteiger partial charge in [-0.15, -0.1) is 11.3 Å². The van der Waals surface area contributed by atoms with Crippen molar-refractivity contribution in [3.63, 3.8) is 0 Å². The first kappa shape index (κ1) is 17.0. The van der Waals surface area contributed by atoms with Crippen LogP contribution in [0.15, 0.2) is 24.3 Å². The summed E-state index contributed by atoms with van der Waals surface area (Å²) in [4.78, 5) is 11.4. The molecule has 2 rings (SSSR count). The first-order valence-corrected chi connectivity index (χ1v) is 8.26. The molecule has 1 aromatic heterocycles. The van der Waals surface area contributed by atoms with Gasteiger partial charge in [0.15, 0.2) is 0 Å². The number of carbonyl (C=O) groups excluding carboxylic acids is 1. The summed E-state index contributed by atoms with van der Waals surface area (Å²) in [7, 11) is 1.18. The average molecular weight is 382 g/mol. The molecule has 0 radical (unpaired) electrons. The van der Waals surface area contributed by atoms with Crippen molar-refractivity contribution in [3.05, 3.63) is 39.2 Å². The average Bonchev–Trinajstić information content (AvgIpc) is 2.77. The number of benzene rings is 1. The van der Waals surface area contributed by atoms with Gasteiger partial charge < -0.3 is 9.84 Å². The summed E-state index contributed by atoms with van der Waals surface area (Å²) in [6, 6.07) is 5.27. The lowest BCUT2D eigenvalue weighted by atomic mass is 10.2. The number of anilines is 2. The van der Waals surface area contributed by atoms with Crippen LogP contribution in [0.4, 0.5) is 10.7 Å². The first-order valence-electron chi connectivity index (χ1n) is 5.62. The zero-order chi connectivity index (χ0) is 16.4. The highest BCUT2D eigenvalue weighted by atomic mass is 35.5. The predicted molar refractivity (Wildman–Crippen MR) is 86.7 cm³/mol. The predicted octanol–water partition coefficient (Wildman–Crippen LogP) is 3.82. The molecule has 2 N–H and O–H groups in total. The maximum absolute atomic E-state index is 11.6. The minimum absolute atomic E-state index is 0.0582. The molecule has 22 heavy (non-hydrogen) atoms. The molecule has 0 spiro atoms. The molecule has 1 heterocycles. The number of hydrogen-bond acceptors (Lipinski definition) is 5. The van der Waals surface area contributed by atoms with Crippen molar-refractivity contribution in [2.24, 2.45) is 0 Å². The number of ether oxygens (including phenoxy) is 1. The Morgan fingerprint density at radius 2 is 2.05 bits per heavy atom. The van der Waals surface area contributed by atoms with E-state index in [1.807, 2.05) is 0 Å². The number of phenolic OH excluding ortho intramolecular Hbond substituents is 1. The van der Waals surface area contributed by atoms with Crippen LogP contribution in [0, 0.1) is 0 Å². The Hall–Kier alpha value is -1.32. The number of methoxy groups -OCH3 is 1. The number of rotatable bonds is 4. The van der Waals surface area contributed by atoms with Gasteiger partial charge in [-0.25, -0.2) is 13.3 Å². The second kappa shape index (κ2) is 6.84. The monoisotopic (exact) mass is 381 g/mol. The van der Waals surface area contributed by atoms with E-state index in [0.717, 1.165) is 15.6 Å². The van der Waals surface area contributed by atoms with Crippen LogP contribution >= 0.6 is 34.5 Å². The molecule has 1 unspecified atom stereocenters. The highest BCUT2D eigenvalue weighted by molar-refractivity contribution is 7.81. The van der Waals surface area contributed by atoms with Crippen LogP contribution in [-0.2, 0) is 16.0 Å². The van der Waals surface area contributed by atoms with E-state index in [2.05, 4.69) is 4.74 Å². The van der Waals surface area contributed by atoms with Gasteiger partial charge in [-0.3, -0.25) is 4.55 Å². The smallest absolute Gasteiger partial charge is 0.341 e. The minimum Gasteiger partial charge on any atom is -0.507 e. The quantitative estimate of drug-likeness (QED) is 0.620. The third kappa shape index (κ3) is 3.36. The number of phenols is 1. The maximum atomic E-state index is 11.6. The summed E-state index contributed by atoms with van der Waals surface area (Å²) in [5.74, 6) is -1.10. The van der Waals surface area contributed by atoms with Crippen molar-refractivity contribution in [2.75, 3.05) is 11.4 Å². The van der Waals surface area contributed by atoms with E-state index in [1.165, 1.54) is 31.4 Å². The molecule has 0 aliphatic carbocycles. The molecule has 0 saturated carbocycles. The topological polar surface area (TPSA) is 87.1 Å². The lowest BCUT2D eigenvalue weighted by Gasteiger charge is -2.18. The van der Waals surface area contributed by atoms with E-state index in [1.54, 1.807) is 0 Å². The highest BCUT2D eigenvalue weighted by Gasteiger charge is 2.21. The fourth-order valence-corrected chi connectivity index (χ4v) is 3.74. The molecule has 1 aromatic carbocycles. The van der Waals surface area contributed by atoms with Crippen LogP contribution in [0.25, 0.3) is 0 Å². The number of esters is 1. The normalized spacial score (nSPS) is 12.0. The van der Waals surface area contributed by atoms with E-state index in [9.17, 15) is 18.7 Å². The number of hydrogen-bond donors (Lipinski definition) is 2. The van der Waals surface area contributed by atoms with Crippen LogP contribution in [0.1, 0.15) is 10.4 Å². The Morgan fingerprint density at radius 1 is 1.36 bits per heavy atom. The van der Waals surface area contributed by atoms with Gasteiger partial charge in [0, 0.05) is 6.07 Å². The van der Waals surface area contributed by atoms with Crippen molar-refractivity contribution >= 4 is 62.5 Å². The zero-order valence-corrected chi connectivity index (χ0v) is 14.1. The Bertz CT molecular complexity index is 730. The molecular formula is C12H9Cl2NO5S2. The Labute approximate surface area is 142 Å². The Kier molecular flexibility index (Phi) is 5.30. The summed E-state index contributed by atoms with van der Waals surface area (Å²) in [5.41, 5.74) is 0.123. The number of aromatic hydroxyl groups is 1. The van der Waals surface area contributed by atoms with Gasteiger partial charge in [0.1, 0.15) is 20.7 Å². The van der Waals surface area contributed by atoms with Gasteiger partial charge >= 0.3 is 5.97 Å². The second-order valence-electron chi connectivity index (χ2n) is 3.92. The standard InChI is InChI=1S/C12H9Cl2NO5S2/c1-20-12(17)7-3-2-6(4-9(7)16)15(22(18)19)10-5-8(13)11(14)21-10/h2-5,16H,1H3,(H,18,19). The fourth-order valence-electron chi connectivity index (χ4n) is 1.66. The number of carbonyl (C=O) groups is 1. The van der Waals surface area contributed by atoms with E-state index in [-0.39, 0.29) is 26.4 Å². The summed E-state index contributed by atoms with van der Waals surface area (Å²) < 4.78 is 26.9. The highest BCUT2D eigenvalue weighted by Crippen LogP contribution is 2.41. The van der Waals surface area contributed by atoms with E-state index in [4.69, 9.17) is 23.2 Å². The Morgan fingerprint density at radius 3 is 2.50 bits per heavy atom.